The molecular formula is C77H150O17P2. The molecule has 0 aliphatic rings. The summed E-state index contributed by atoms with van der Waals surface area (Å²) >= 11 is 0. The van der Waals surface area contributed by atoms with Crippen molar-refractivity contribution in [2.75, 3.05) is 39.6 Å². The summed E-state index contributed by atoms with van der Waals surface area (Å²) in [5.41, 5.74) is 0. The first-order chi connectivity index (χ1) is 46.4. The van der Waals surface area contributed by atoms with Crippen molar-refractivity contribution in [1.82, 2.24) is 0 Å². The quantitative estimate of drug-likeness (QED) is 0.0222. The molecule has 0 fully saturated rings. The molecule has 0 spiro atoms. The van der Waals surface area contributed by atoms with Crippen molar-refractivity contribution >= 4 is 39.5 Å². The van der Waals surface area contributed by atoms with Gasteiger partial charge in [0, 0.05) is 25.7 Å². The van der Waals surface area contributed by atoms with Crippen LogP contribution in [-0.2, 0) is 65.4 Å². The molecular weight excluding hydrogens is 1260 g/mol. The normalized spacial score (nSPS) is 14.0. The van der Waals surface area contributed by atoms with Crippen molar-refractivity contribution in [2.24, 2.45) is 11.8 Å². The zero-order chi connectivity index (χ0) is 70.7. The summed E-state index contributed by atoms with van der Waals surface area (Å²) in [6, 6.07) is 0. The Balaban J connectivity index is 5.24. The Kier molecular flexibility index (Phi) is 67.4. The average molecular weight is 1410 g/mol. The summed E-state index contributed by atoms with van der Waals surface area (Å²) in [5.74, 6) is -0.577. The summed E-state index contributed by atoms with van der Waals surface area (Å²) in [6.45, 7) is 9.60. The smallest absolute Gasteiger partial charge is 0.462 e. The Morgan fingerprint density at radius 1 is 0.281 bits per heavy atom. The van der Waals surface area contributed by atoms with E-state index in [1.54, 1.807) is 0 Å². The van der Waals surface area contributed by atoms with Gasteiger partial charge in [-0.3, -0.25) is 37.3 Å². The van der Waals surface area contributed by atoms with Crippen molar-refractivity contribution in [3.8, 4) is 0 Å². The molecule has 570 valence electrons. The molecule has 0 aliphatic carbocycles. The van der Waals surface area contributed by atoms with E-state index in [-0.39, 0.29) is 25.7 Å². The zero-order valence-corrected chi connectivity index (χ0v) is 64.5. The average Bonchev–Trinajstić information content (AvgIpc) is 1.25. The highest BCUT2D eigenvalue weighted by molar-refractivity contribution is 7.47. The molecule has 0 aromatic carbocycles. The highest BCUT2D eigenvalue weighted by atomic mass is 31.2. The summed E-state index contributed by atoms with van der Waals surface area (Å²) in [6.07, 6.45) is 56.8. The van der Waals surface area contributed by atoms with Crippen LogP contribution in [0.25, 0.3) is 0 Å². The Morgan fingerprint density at radius 3 is 0.708 bits per heavy atom. The second-order valence-electron chi connectivity index (χ2n) is 28.7. The molecule has 0 aromatic rings. The van der Waals surface area contributed by atoms with Crippen LogP contribution in [0.5, 0.6) is 0 Å². The number of aliphatic hydroxyl groups is 1. The number of carbonyl (C=O) groups is 4. The Labute approximate surface area is 588 Å². The van der Waals surface area contributed by atoms with Crippen LogP contribution >= 0.6 is 15.6 Å². The summed E-state index contributed by atoms with van der Waals surface area (Å²) < 4.78 is 68.6. The molecule has 0 amide bonds. The second kappa shape index (κ2) is 68.8. The van der Waals surface area contributed by atoms with Crippen molar-refractivity contribution in [2.45, 2.75) is 419 Å². The van der Waals surface area contributed by atoms with Crippen molar-refractivity contribution in [1.29, 1.82) is 0 Å². The van der Waals surface area contributed by atoms with Crippen LogP contribution in [0.3, 0.4) is 0 Å². The van der Waals surface area contributed by atoms with E-state index in [1.807, 2.05) is 0 Å². The van der Waals surface area contributed by atoms with Gasteiger partial charge in [-0.25, -0.2) is 9.13 Å². The van der Waals surface area contributed by atoms with E-state index in [2.05, 4.69) is 41.5 Å². The van der Waals surface area contributed by atoms with Gasteiger partial charge in [0.25, 0.3) is 0 Å². The number of unbranched alkanes of at least 4 members (excludes halogenated alkanes) is 46. The number of esters is 4. The number of phosphoric ester groups is 2. The third-order valence-corrected chi connectivity index (χ3v) is 19.9. The maximum Gasteiger partial charge on any atom is 0.472 e. The maximum absolute atomic E-state index is 13.1. The van der Waals surface area contributed by atoms with Gasteiger partial charge < -0.3 is 33.8 Å². The lowest BCUT2D eigenvalue weighted by Gasteiger charge is -2.21. The number of ether oxygens (including phenoxy) is 4. The minimum absolute atomic E-state index is 0.107. The molecule has 17 nitrogen and oxygen atoms in total. The van der Waals surface area contributed by atoms with Gasteiger partial charge in [0.15, 0.2) is 12.2 Å². The molecule has 0 aliphatic heterocycles. The van der Waals surface area contributed by atoms with Gasteiger partial charge in [-0.1, -0.05) is 350 Å². The van der Waals surface area contributed by atoms with E-state index in [0.29, 0.717) is 25.7 Å². The second-order valence-corrected chi connectivity index (χ2v) is 31.6. The summed E-state index contributed by atoms with van der Waals surface area (Å²) in [4.78, 5) is 72.8. The first kappa shape index (κ1) is 94.1. The number of carbonyl (C=O) groups excluding carboxylic acids is 4. The van der Waals surface area contributed by atoms with E-state index in [4.69, 9.17) is 37.0 Å². The fourth-order valence-electron chi connectivity index (χ4n) is 11.8. The molecule has 0 heterocycles. The van der Waals surface area contributed by atoms with E-state index in [1.165, 1.54) is 218 Å². The third-order valence-electron chi connectivity index (χ3n) is 18.0. The predicted molar refractivity (Wildman–Crippen MR) is 391 cm³/mol. The zero-order valence-electron chi connectivity index (χ0n) is 62.7. The highest BCUT2D eigenvalue weighted by Crippen LogP contribution is 2.45. The van der Waals surface area contributed by atoms with Crippen LogP contribution < -0.4 is 0 Å². The molecule has 19 heteroatoms. The predicted octanol–water partition coefficient (Wildman–Crippen LogP) is 22.7. The van der Waals surface area contributed by atoms with Crippen LogP contribution in [0, 0.1) is 11.8 Å². The number of hydrogen-bond acceptors (Lipinski definition) is 15. The largest absolute Gasteiger partial charge is 0.472 e. The molecule has 0 saturated heterocycles. The lowest BCUT2D eigenvalue weighted by Crippen LogP contribution is -2.30. The fraction of sp³-hybridized carbons (Fsp3) is 0.948. The molecule has 0 saturated carbocycles. The lowest BCUT2D eigenvalue weighted by molar-refractivity contribution is -0.161. The van der Waals surface area contributed by atoms with E-state index >= 15 is 0 Å². The number of aliphatic hydroxyl groups excluding tert-OH is 1. The van der Waals surface area contributed by atoms with Gasteiger partial charge in [-0.15, -0.1) is 0 Å². The Bertz CT molecular complexity index is 1860. The van der Waals surface area contributed by atoms with Gasteiger partial charge >= 0.3 is 39.5 Å². The first-order valence-electron chi connectivity index (χ1n) is 40.0. The van der Waals surface area contributed by atoms with Crippen LogP contribution in [0.4, 0.5) is 0 Å². The van der Waals surface area contributed by atoms with Crippen molar-refractivity contribution in [3.63, 3.8) is 0 Å². The Hall–Kier alpha value is -1.94. The minimum Gasteiger partial charge on any atom is -0.462 e. The van der Waals surface area contributed by atoms with Gasteiger partial charge in [0.05, 0.1) is 26.4 Å². The summed E-state index contributed by atoms with van der Waals surface area (Å²) in [7, 11) is -9.91. The van der Waals surface area contributed by atoms with E-state index in [9.17, 15) is 43.2 Å². The van der Waals surface area contributed by atoms with Crippen LogP contribution in [0.15, 0.2) is 0 Å². The third kappa shape index (κ3) is 70.5. The van der Waals surface area contributed by atoms with Crippen molar-refractivity contribution in [3.05, 3.63) is 0 Å². The summed E-state index contributed by atoms with van der Waals surface area (Å²) in [5, 5.41) is 10.6. The molecule has 0 radical (unpaired) electrons. The standard InChI is InChI=1S/C77H150O17P2/c1-7-9-11-13-15-17-19-21-27-31-34-41-47-53-59-74(79)87-65-72(93-77(82)62-56-50-44-36-32-28-25-23-22-24-26-29-33-39-45-51-57-69(3)4)67-91-95(83,84)89-63-71(78)64-90-96(85,86)92-68-73(66-88-75(80)60-54-48-42-38-37-40-46-52-58-70(5)6)94-76(81)61-55-49-43-35-30-20-18-16-14-12-10-8-2/h69-73,78H,7-68H2,1-6H3,(H,83,84)(H,85,86)/t71-,72-,73-/m1/s1. The molecule has 96 heavy (non-hydrogen) atoms. The van der Waals surface area contributed by atoms with Crippen molar-refractivity contribution < 1.29 is 80.2 Å². The lowest BCUT2D eigenvalue weighted by atomic mass is 10.0. The molecule has 0 bridgehead atoms. The van der Waals surface area contributed by atoms with Crippen LogP contribution in [0.1, 0.15) is 401 Å². The molecule has 0 aromatic heterocycles. The SMILES string of the molecule is CCCCCCCCCCCCCCCCC(=O)OC[C@H](COP(=O)(O)OC[C@@H](O)COP(=O)(O)OC[C@@H](COC(=O)CCCCCCCCCCC(C)C)OC(=O)CCCCCCCCCCCCCC)OC(=O)CCCCCCCCCCCCCCCCCCC(C)C. The minimum atomic E-state index is -4.96. The van der Waals surface area contributed by atoms with E-state index in [0.717, 1.165) is 102 Å². The van der Waals surface area contributed by atoms with Gasteiger partial charge in [-0.2, -0.15) is 0 Å². The molecule has 2 unspecified atom stereocenters. The van der Waals surface area contributed by atoms with Crippen LogP contribution in [-0.4, -0.2) is 96.7 Å². The fourth-order valence-corrected chi connectivity index (χ4v) is 13.4. The molecule has 3 N–H and O–H groups in total. The van der Waals surface area contributed by atoms with Gasteiger partial charge in [0.2, 0.25) is 0 Å². The topological polar surface area (TPSA) is 237 Å². The van der Waals surface area contributed by atoms with Gasteiger partial charge in [-0.05, 0) is 37.5 Å². The first-order valence-corrected chi connectivity index (χ1v) is 43.0. The monoisotopic (exact) mass is 1410 g/mol. The van der Waals surface area contributed by atoms with Gasteiger partial charge in [0.1, 0.15) is 19.3 Å². The number of phosphoric acid groups is 2. The van der Waals surface area contributed by atoms with E-state index < -0.39 is 97.5 Å². The Morgan fingerprint density at radius 2 is 0.479 bits per heavy atom. The number of rotatable bonds is 76. The molecule has 0 rings (SSSR count). The van der Waals surface area contributed by atoms with Crippen LogP contribution in [0.2, 0.25) is 0 Å². The molecule has 5 atom stereocenters. The maximum atomic E-state index is 13.1. The number of hydrogen-bond donors (Lipinski definition) is 3. The highest BCUT2D eigenvalue weighted by Gasteiger charge is 2.30.